The van der Waals surface area contributed by atoms with Crippen molar-refractivity contribution in [3.63, 3.8) is 0 Å². The minimum atomic E-state index is -0.933. The maximum absolute atomic E-state index is 13.4. The first-order valence-electron chi connectivity index (χ1n) is 17.0. The van der Waals surface area contributed by atoms with Crippen LogP contribution in [0.5, 0.6) is 0 Å². The summed E-state index contributed by atoms with van der Waals surface area (Å²) in [7, 11) is 0. The van der Waals surface area contributed by atoms with E-state index >= 15 is 0 Å². The van der Waals surface area contributed by atoms with Gasteiger partial charge in [-0.2, -0.15) is 12.6 Å². The zero-order valence-electron chi connectivity index (χ0n) is 29.4. The van der Waals surface area contributed by atoms with Crippen molar-refractivity contribution in [3.05, 3.63) is 35.9 Å². The molecule has 6 atom stereocenters. The lowest BCUT2D eigenvalue weighted by atomic mass is 9.89. The van der Waals surface area contributed by atoms with Crippen molar-refractivity contribution < 1.29 is 28.8 Å². The van der Waals surface area contributed by atoms with Crippen molar-refractivity contribution in [1.82, 2.24) is 10.6 Å². The lowest BCUT2D eigenvalue weighted by molar-refractivity contribution is -0.134. The van der Waals surface area contributed by atoms with Crippen LogP contribution in [0.2, 0.25) is 0 Å². The summed E-state index contributed by atoms with van der Waals surface area (Å²) in [5.74, 6) is -4.23. The Kier molecular flexibility index (Phi) is 20.1. The number of thiol groups is 1. The maximum atomic E-state index is 13.4. The SMILES string of the molecule is CC[C@H](C)[C@H](NC(=O)[C@H](CS)CC(=O)[C@H](N)Cc1ccccc1)C(=O)CCC(=O)N[C@@H](CCCN=C(N)N)C(=O)C[C@@H](CC(C)C)C(N)=O. The fraction of sp³-hybridized carbons (Fsp3) is 0.629. The first kappa shape index (κ1) is 43.2. The average molecular weight is 704 g/mol. The first-order chi connectivity index (χ1) is 23.1. The van der Waals surface area contributed by atoms with E-state index in [0.29, 0.717) is 25.7 Å². The van der Waals surface area contributed by atoms with Crippen LogP contribution >= 0.6 is 12.6 Å². The summed E-state index contributed by atoms with van der Waals surface area (Å²) in [6.45, 7) is 7.77. The van der Waals surface area contributed by atoms with Gasteiger partial charge in [-0.15, -0.1) is 0 Å². The number of hydrogen-bond acceptors (Lipinski definition) is 9. The number of rotatable bonds is 25. The highest BCUT2D eigenvalue weighted by atomic mass is 32.1. The van der Waals surface area contributed by atoms with E-state index in [0.717, 1.165) is 5.56 Å². The fourth-order valence-electron chi connectivity index (χ4n) is 5.39. The van der Waals surface area contributed by atoms with E-state index in [1.54, 1.807) is 0 Å². The number of Topliss-reactive ketones (excluding diaryl/α,β-unsaturated/α-hetero) is 3. The molecule has 0 fully saturated rings. The van der Waals surface area contributed by atoms with Gasteiger partial charge in [-0.1, -0.05) is 64.4 Å². The highest BCUT2D eigenvalue weighted by molar-refractivity contribution is 7.80. The number of nitrogens with zero attached hydrogens (tertiary/aromatic N) is 1. The predicted octanol–water partition coefficient (Wildman–Crippen LogP) is 1.59. The quantitative estimate of drug-likeness (QED) is 0.0338. The molecule has 0 aliphatic heterocycles. The van der Waals surface area contributed by atoms with Crippen molar-refractivity contribution in [2.75, 3.05) is 12.3 Å². The highest BCUT2D eigenvalue weighted by Gasteiger charge is 2.31. The number of carbonyl (C=O) groups is 6. The summed E-state index contributed by atoms with van der Waals surface area (Å²) in [5, 5.41) is 5.50. The van der Waals surface area contributed by atoms with E-state index in [-0.39, 0.29) is 79.5 Å². The van der Waals surface area contributed by atoms with Gasteiger partial charge in [0.1, 0.15) is 0 Å². The predicted molar refractivity (Wildman–Crippen MR) is 194 cm³/mol. The normalized spacial score (nSPS) is 14.8. The number of carbonyl (C=O) groups excluding carboxylic acids is 6. The molecule has 1 aromatic carbocycles. The number of amides is 3. The Balaban J connectivity index is 2.91. The maximum Gasteiger partial charge on any atom is 0.224 e. The number of primary amides is 1. The molecule has 0 saturated heterocycles. The average Bonchev–Trinajstić information content (AvgIpc) is 3.05. The van der Waals surface area contributed by atoms with Crippen molar-refractivity contribution in [1.29, 1.82) is 0 Å². The number of benzene rings is 1. The second-order valence-electron chi connectivity index (χ2n) is 13.2. The molecule has 0 spiro atoms. The topological polar surface area (TPSA) is 243 Å². The van der Waals surface area contributed by atoms with E-state index in [1.807, 2.05) is 58.0 Å². The first-order valence-corrected chi connectivity index (χ1v) is 17.7. The van der Waals surface area contributed by atoms with E-state index in [9.17, 15) is 28.8 Å². The van der Waals surface area contributed by atoms with Gasteiger partial charge in [-0.3, -0.25) is 33.8 Å². The number of aliphatic imine (C=N–C) groups is 1. The van der Waals surface area contributed by atoms with Crippen molar-refractivity contribution in [2.45, 2.75) is 104 Å². The molecule has 49 heavy (non-hydrogen) atoms. The van der Waals surface area contributed by atoms with Gasteiger partial charge in [-0.05, 0) is 43.1 Å². The second kappa shape index (κ2) is 22.8. The second-order valence-corrected chi connectivity index (χ2v) is 13.5. The summed E-state index contributed by atoms with van der Waals surface area (Å²) in [6.07, 6.45) is 1.25. The van der Waals surface area contributed by atoms with Crippen LogP contribution in [0, 0.1) is 23.7 Å². The molecule has 0 radical (unpaired) electrons. The van der Waals surface area contributed by atoms with Gasteiger partial charge >= 0.3 is 0 Å². The number of nitrogens with one attached hydrogen (secondary N) is 2. The number of nitrogens with two attached hydrogens (primary N) is 4. The Labute approximate surface area is 295 Å². The molecule has 0 aliphatic rings. The summed E-state index contributed by atoms with van der Waals surface area (Å²) in [6, 6.07) is 6.71. The third-order valence-electron chi connectivity index (χ3n) is 8.48. The molecule has 14 heteroatoms. The van der Waals surface area contributed by atoms with Crippen LogP contribution in [0.4, 0.5) is 0 Å². The molecule has 0 bridgehead atoms. The fourth-order valence-corrected chi connectivity index (χ4v) is 5.69. The smallest absolute Gasteiger partial charge is 0.224 e. The van der Waals surface area contributed by atoms with Crippen molar-refractivity contribution in [2.24, 2.45) is 51.6 Å². The van der Waals surface area contributed by atoms with Crippen molar-refractivity contribution in [3.8, 4) is 0 Å². The molecule has 0 heterocycles. The largest absolute Gasteiger partial charge is 0.370 e. The van der Waals surface area contributed by atoms with E-state index < -0.39 is 47.7 Å². The molecule has 0 aliphatic carbocycles. The zero-order chi connectivity index (χ0) is 37.1. The standard InChI is InChI=1S/C35H57N7O6S/c1-5-22(4)32(42-34(48)25(20-49)19-29(44)26(36)17-23-10-7-6-8-11-23)28(43)13-14-31(46)41-27(12-9-15-40-35(38)39)30(45)18-24(33(37)47)16-21(2)3/h6-8,10-11,21-22,24-27,32,49H,5,9,12-20,36H2,1-4H3,(H2,37,47)(H,41,46)(H,42,48)(H4,38,39,40)/t22-,24+,25-,26+,27-,32-/m0/s1. The minimum Gasteiger partial charge on any atom is -0.370 e. The van der Waals surface area contributed by atoms with Crippen LogP contribution in [0.15, 0.2) is 35.3 Å². The van der Waals surface area contributed by atoms with Crippen LogP contribution in [-0.2, 0) is 35.2 Å². The minimum absolute atomic E-state index is 0.0752. The molecule has 0 unspecified atom stereocenters. The third kappa shape index (κ3) is 16.9. The number of hydrogen-bond donors (Lipinski definition) is 7. The van der Waals surface area contributed by atoms with Gasteiger partial charge in [-0.25, -0.2) is 0 Å². The van der Waals surface area contributed by atoms with Crippen molar-refractivity contribution >= 4 is 53.7 Å². The Morgan fingerprint density at radius 3 is 2.04 bits per heavy atom. The van der Waals surface area contributed by atoms with Gasteiger partial charge in [0.2, 0.25) is 17.7 Å². The molecule has 3 amide bonds. The van der Waals surface area contributed by atoms with Crippen LogP contribution in [-0.4, -0.2) is 71.5 Å². The van der Waals surface area contributed by atoms with E-state index in [2.05, 4.69) is 28.3 Å². The zero-order valence-corrected chi connectivity index (χ0v) is 30.3. The number of ketones is 3. The molecule has 0 saturated carbocycles. The third-order valence-corrected chi connectivity index (χ3v) is 8.92. The van der Waals surface area contributed by atoms with Crippen LogP contribution in [0.25, 0.3) is 0 Å². The Morgan fingerprint density at radius 2 is 1.49 bits per heavy atom. The number of guanidine groups is 1. The summed E-state index contributed by atoms with van der Waals surface area (Å²) >= 11 is 4.29. The molecule has 13 nitrogen and oxygen atoms in total. The molecular weight excluding hydrogens is 646 g/mol. The molecule has 1 aromatic rings. The lowest BCUT2D eigenvalue weighted by Gasteiger charge is -2.26. The van der Waals surface area contributed by atoms with Gasteiger partial charge < -0.3 is 33.6 Å². The van der Waals surface area contributed by atoms with Crippen LogP contribution < -0.4 is 33.6 Å². The molecule has 274 valence electrons. The van der Waals surface area contributed by atoms with Crippen LogP contribution in [0.1, 0.15) is 84.6 Å². The summed E-state index contributed by atoms with van der Waals surface area (Å²) < 4.78 is 0. The Bertz CT molecular complexity index is 1270. The Hall–Kier alpha value is -3.78. The molecular formula is C35H57N7O6S. The molecule has 0 aromatic heterocycles. The van der Waals surface area contributed by atoms with Gasteiger partial charge in [0.25, 0.3) is 0 Å². The molecule has 10 N–H and O–H groups in total. The van der Waals surface area contributed by atoms with E-state index in [4.69, 9.17) is 22.9 Å². The lowest BCUT2D eigenvalue weighted by Crippen LogP contribution is -2.49. The monoisotopic (exact) mass is 703 g/mol. The highest BCUT2D eigenvalue weighted by Crippen LogP contribution is 2.19. The van der Waals surface area contributed by atoms with E-state index in [1.165, 1.54) is 0 Å². The van der Waals surface area contributed by atoms with Crippen LogP contribution in [0.3, 0.4) is 0 Å². The van der Waals surface area contributed by atoms with Gasteiger partial charge in [0, 0.05) is 43.9 Å². The van der Waals surface area contributed by atoms with Gasteiger partial charge in [0.05, 0.1) is 24.0 Å². The van der Waals surface area contributed by atoms with Gasteiger partial charge in [0.15, 0.2) is 23.3 Å². The summed E-state index contributed by atoms with van der Waals surface area (Å²) in [4.78, 5) is 81.7. The summed E-state index contributed by atoms with van der Waals surface area (Å²) in [5.41, 5.74) is 23.4. The molecule has 1 rings (SSSR count). The Morgan fingerprint density at radius 1 is 0.857 bits per heavy atom.